The number of nitrogens with one attached hydrogen (secondary N) is 1. The largest absolute Gasteiger partial charge is 0.408 e. The van der Waals surface area contributed by atoms with Crippen molar-refractivity contribution in [2.45, 2.75) is 24.0 Å². The first-order valence-electron chi connectivity index (χ1n) is 6.11. The fourth-order valence-corrected chi connectivity index (χ4v) is 2.85. The van der Waals surface area contributed by atoms with Gasteiger partial charge in [-0.15, -0.1) is 0 Å². The zero-order valence-corrected chi connectivity index (χ0v) is 12.2. The highest BCUT2D eigenvalue weighted by molar-refractivity contribution is 7.89. The van der Waals surface area contributed by atoms with Gasteiger partial charge in [0.2, 0.25) is 10.0 Å². The van der Waals surface area contributed by atoms with Gasteiger partial charge in [0.15, 0.2) is 0 Å². The molecule has 5 nitrogen and oxygen atoms in total. The van der Waals surface area contributed by atoms with E-state index in [1.54, 1.807) is 11.6 Å². The van der Waals surface area contributed by atoms with Crippen molar-refractivity contribution in [3.05, 3.63) is 54.1 Å². The molecule has 1 atom stereocenters. The minimum Gasteiger partial charge on any atom is -0.243 e. The van der Waals surface area contributed by atoms with Gasteiger partial charge in [-0.3, -0.25) is 0 Å². The van der Waals surface area contributed by atoms with E-state index >= 15 is 0 Å². The topological polar surface area (TPSA) is 72.0 Å². The Balaban J connectivity index is 2.38. The second-order valence-electron chi connectivity index (χ2n) is 4.58. The van der Waals surface area contributed by atoms with Crippen LogP contribution in [0.2, 0.25) is 0 Å². The van der Waals surface area contributed by atoms with Gasteiger partial charge in [-0.2, -0.15) is 17.9 Å². The van der Waals surface area contributed by atoms with Crippen LogP contribution in [0.1, 0.15) is 17.2 Å². The first-order chi connectivity index (χ1) is 10.2. The fraction of sp³-hybridized carbons (Fsp3) is 0.231. The molecular weight excluding hydrogens is 319 g/mol. The monoisotopic (exact) mass is 331 g/mol. The van der Waals surface area contributed by atoms with E-state index in [0.717, 1.165) is 24.3 Å². The average molecular weight is 331 g/mol. The van der Waals surface area contributed by atoms with Crippen LogP contribution in [0, 0.1) is 6.92 Å². The summed E-state index contributed by atoms with van der Waals surface area (Å²) in [6.07, 6.45) is -1.84. The molecule has 0 amide bonds. The van der Waals surface area contributed by atoms with Crippen LogP contribution in [-0.2, 0) is 10.0 Å². The Morgan fingerprint density at radius 1 is 1.09 bits per heavy atom. The quantitative estimate of drug-likeness (QED) is 0.933. The highest BCUT2D eigenvalue weighted by atomic mass is 32.2. The zero-order valence-electron chi connectivity index (χ0n) is 11.4. The maximum Gasteiger partial charge on any atom is 0.408 e. The lowest BCUT2D eigenvalue weighted by Gasteiger charge is -2.22. The molecule has 2 aromatic rings. The van der Waals surface area contributed by atoms with E-state index in [1.165, 1.54) is 24.3 Å². The highest BCUT2D eigenvalue weighted by Crippen LogP contribution is 2.34. The molecule has 0 radical (unpaired) electrons. The molecule has 0 bridgehead atoms. The summed E-state index contributed by atoms with van der Waals surface area (Å²) in [5.41, 5.74) is 0.572. The molecule has 9 heteroatoms. The van der Waals surface area contributed by atoms with Crippen molar-refractivity contribution in [1.82, 2.24) is 14.7 Å². The normalized spacial score (nSPS) is 13.8. The Labute approximate surface area is 125 Å². The summed E-state index contributed by atoms with van der Waals surface area (Å²) in [5.74, 6) is 0. The van der Waals surface area contributed by atoms with Gasteiger partial charge >= 0.3 is 6.18 Å². The smallest absolute Gasteiger partial charge is 0.243 e. The number of aromatic nitrogens is 2. The molecule has 0 saturated heterocycles. The van der Waals surface area contributed by atoms with Crippen LogP contribution in [0.4, 0.5) is 13.2 Å². The molecule has 1 aromatic heterocycles. The van der Waals surface area contributed by atoms with Gasteiger partial charge in [-0.1, -0.05) is 29.8 Å². The second-order valence-corrected chi connectivity index (χ2v) is 6.29. The van der Waals surface area contributed by atoms with Crippen molar-refractivity contribution in [2.24, 2.45) is 0 Å². The molecule has 0 spiro atoms. The number of rotatable bonds is 4. The van der Waals surface area contributed by atoms with Crippen LogP contribution in [0.25, 0.3) is 0 Å². The standard InChI is InChI=1S/C13H12F3N3O2S/c1-9-2-4-10(5-3-9)12(13(14,15)16)19-22(20,21)11-6-17-8-18-7-11/h2-8,12,19H,1H3/t12-/m1/s1. The summed E-state index contributed by atoms with van der Waals surface area (Å²) in [7, 11) is -4.40. The van der Waals surface area contributed by atoms with E-state index in [4.69, 9.17) is 0 Å². The number of hydrogen-bond donors (Lipinski definition) is 1. The maximum atomic E-state index is 13.2. The van der Waals surface area contributed by atoms with Gasteiger partial charge in [0.1, 0.15) is 17.3 Å². The van der Waals surface area contributed by atoms with Crippen LogP contribution < -0.4 is 4.72 Å². The van der Waals surface area contributed by atoms with E-state index in [0.29, 0.717) is 0 Å². The molecule has 1 N–H and O–H groups in total. The number of nitrogens with zero attached hydrogens (tertiary/aromatic N) is 2. The van der Waals surface area contributed by atoms with Gasteiger partial charge in [-0.25, -0.2) is 18.4 Å². The molecular formula is C13H12F3N3O2S. The van der Waals surface area contributed by atoms with E-state index in [-0.39, 0.29) is 5.56 Å². The molecule has 0 aliphatic heterocycles. The molecule has 22 heavy (non-hydrogen) atoms. The zero-order chi connectivity index (χ0) is 16.4. The molecule has 0 aliphatic rings. The van der Waals surface area contributed by atoms with Crippen LogP contribution in [0.5, 0.6) is 0 Å². The lowest BCUT2D eigenvalue weighted by atomic mass is 10.1. The summed E-state index contributed by atoms with van der Waals surface area (Å²) in [5, 5.41) is 0. The van der Waals surface area contributed by atoms with Crippen LogP contribution in [0.15, 0.2) is 47.9 Å². The minimum absolute atomic E-state index is 0.196. The molecule has 0 fully saturated rings. The van der Waals surface area contributed by atoms with Gasteiger partial charge in [0.05, 0.1) is 12.4 Å². The third-order valence-corrected chi connectivity index (χ3v) is 4.24. The Bertz CT molecular complexity index is 731. The molecule has 2 rings (SSSR count). The third kappa shape index (κ3) is 3.80. The van der Waals surface area contributed by atoms with E-state index in [1.807, 2.05) is 0 Å². The van der Waals surface area contributed by atoms with Gasteiger partial charge < -0.3 is 0 Å². The lowest BCUT2D eigenvalue weighted by molar-refractivity contribution is -0.153. The molecule has 0 unspecified atom stereocenters. The Hall–Kier alpha value is -2.00. The van der Waals surface area contributed by atoms with Crippen LogP contribution in [-0.4, -0.2) is 24.6 Å². The number of alkyl halides is 3. The third-order valence-electron chi connectivity index (χ3n) is 2.86. The number of sulfonamides is 1. The summed E-state index contributed by atoms with van der Waals surface area (Å²) in [6, 6.07) is 3.08. The van der Waals surface area contributed by atoms with Crippen molar-refractivity contribution in [1.29, 1.82) is 0 Å². The van der Waals surface area contributed by atoms with Crippen molar-refractivity contribution in [2.75, 3.05) is 0 Å². The molecule has 0 saturated carbocycles. The summed E-state index contributed by atoms with van der Waals surface area (Å²) in [4.78, 5) is 6.55. The van der Waals surface area contributed by atoms with Gasteiger partial charge in [0, 0.05) is 0 Å². The van der Waals surface area contributed by atoms with E-state index in [2.05, 4.69) is 9.97 Å². The highest BCUT2D eigenvalue weighted by Gasteiger charge is 2.43. The maximum absolute atomic E-state index is 13.2. The number of benzene rings is 1. The SMILES string of the molecule is Cc1ccc([C@@H](NS(=O)(=O)c2cncnc2)C(F)(F)F)cc1. The van der Waals surface area contributed by atoms with Crippen molar-refractivity contribution in [3.8, 4) is 0 Å². The number of hydrogen-bond acceptors (Lipinski definition) is 4. The second kappa shape index (κ2) is 6.01. The molecule has 0 aliphatic carbocycles. The van der Waals surface area contributed by atoms with E-state index < -0.39 is 27.1 Å². The van der Waals surface area contributed by atoms with Gasteiger partial charge in [-0.05, 0) is 12.5 Å². The van der Waals surface area contributed by atoms with Gasteiger partial charge in [0.25, 0.3) is 0 Å². The van der Waals surface area contributed by atoms with Crippen molar-refractivity contribution < 1.29 is 21.6 Å². The van der Waals surface area contributed by atoms with Crippen molar-refractivity contribution in [3.63, 3.8) is 0 Å². The predicted octanol–water partition coefficient (Wildman–Crippen LogP) is 2.37. The fourth-order valence-electron chi connectivity index (χ4n) is 1.73. The first kappa shape index (κ1) is 16.4. The summed E-state index contributed by atoms with van der Waals surface area (Å²) < 4.78 is 65.3. The van der Waals surface area contributed by atoms with Crippen LogP contribution >= 0.6 is 0 Å². The number of halogens is 3. The summed E-state index contributed by atoms with van der Waals surface area (Å²) >= 11 is 0. The summed E-state index contributed by atoms with van der Waals surface area (Å²) in [6.45, 7) is 1.72. The Morgan fingerprint density at radius 2 is 1.64 bits per heavy atom. The first-order valence-corrected chi connectivity index (χ1v) is 7.59. The molecule has 118 valence electrons. The van der Waals surface area contributed by atoms with Crippen molar-refractivity contribution >= 4 is 10.0 Å². The predicted molar refractivity (Wildman–Crippen MR) is 72.3 cm³/mol. The Morgan fingerprint density at radius 3 is 2.14 bits per heavy atom. The molecule has 1 aromatic carbocycles. The Kier molecular flexibility index (Phi) is 4.47. The van der Waals surface area contributed by atoms with E-state index in [9.17, 15) is 21.6 Å². The van der Waals surface area contributed by atoms with Crippen LogP contribution in [0.3, 0.4) is 0 Å². The average Bonchev–Trinajstić information content (AvgIpc) is 2.46. The molecule has 1 heterocycles. The lowest BCUT2D eigenvalue weighted by Crippen LogP contribution is -2.38. The number of aryl methyl sites for hydroxylation is 1. The minimum atomic E-state index is -4.78.